The first-order chi connectivity index (χ1) is 13.0. The number of ether oxygens (including phenoxy) is 2. The Hall–Kier alpha value is -2.74. The Labute approximate surface area is 155 Å². The maximum atomic E-state index is 13.4. The Morgan fingerprint density at radius 3 is 2.70 bits per heavy atom. The molecule has 0 bridgehead atoms. The van der Waals surface area contributed by atoms with Crippen LogP contribution in [0.4, 0.5) is 8.78 Å². The van der Waals surface area contributed by atoms with E-state index >= 15 is 0 Å². The number of amides is 1. The van der Waals surface area contributed by atoms with Gasteiger partial charge in [-0.1, -0.05) is 6.07 Å². The Kier molecular flexibility index (Phi) is 4.65. The molecule has 2 aliphatic rings. The van der Waals surface area contributed by atoms with Gasteiger partial charge in [0.15, 0.2) is 11.5 Å². The monoisotopic (exact) mass is 375 g/mol. The Balaban J connectivity index is 1.45. The highest BCUT2D eigenvalue weighted by Crippen LogP contribution is 2.43. The minimum Gasteiger partial charge on any atom is -0.395 e. The van der Waals surface area contributed by atoms with Crippen LogP contribution < -0.4 is 9.47 Å². The lowest BCUT2D eigenvalue weighted by Gasteiger charge is -2.22. The van der Waals surface area contributed by atoms with Gasteiger partial charge >= 0.3 is 6.29 Å². The molecule has 0 unspecified atom stereocenters. The quantitative estimate of drug-likeness (QED) is 0.826. The summed E-state index contributed by atoms with van der Waals surface area (Å²) < 4.78 is 35.7. The smallest absolute Gasteiger partial charge is 0.395 e. The van der Waals surface area contributed by atoms with Crippen LogP contribution in [-0.2, 0) is 6.54 Å². The molecule has 27 heavy (non-hydrogen) atoms. The van der Waals surface area contributed by atoms with E-state index in [1.54, 1.807) is 17.3 Å². The predicted molar refractivity (Wildman–Crippen MR) is 92.7 cm³/mol. The minimum absolute atomic E-state index is 0.104. The first kappa shape index (κ1) is 17.7. The summed E-state index contributed by atoms with van der Waals surface area (Å²) in [6.07, 6.45) is 0.589. The number of benzene rings is 1. The molecule has 4 rings (SSSR count). The van der Waals surface area contributed by atoms with E-state index in [0.717, 1.165) is 19.5 Å². The van der Waals surface area contributed by atoms with Crippen molar-refractivity contribution in [2.24, 2.45) is 0 Å². The molecule has 2 aromatic rings. The van der Waals surface area contributed by atoms with Crippen LogP contribution in [0.2, 0.25) is 0 Å². The van der Waals surface area contributed by atoms with Crippen LogP contribution in [-0.4, -0.2) is 53.2 Å². The summed E-state index contributed by atoms with van der Waals surface area (Å²) in [4.78, 5) is 20.9. The number of pyridine rings is 1. The van der Waals surface area contributed by atoms with Crippen LogP contribution >= 0.6 is 0 Å². The number of carbonyl (C=O) groups excluding carboxylic acids is 1. The molecule has 0 saturated carbocycles. The zero-order valence-corrected chi connectivity index (χ0v) is 14.6. The van der Waals surface area contributed by atoms with E-state index in [4.69, 9.17) is 0 Å². The molecule has 0 aliphatic carbocycles. The first-order valence-electron chi connectivity index (χ1n) is 8.81. The van der Waals surface area contributed by atoms with Gasteiger partial charge in [0, 0.05) is 45.1 Å². The highest BCUT2D eigenvalue weighted by Gasteiger charge is 2.45. The van der Waals surface area contributed by atoms with Crippen molar-refractivity contribution in [1.82, 2.24) is 14.8 Å². The van der Waals surface area contributed by atoms with Crippen LogP contribution in [0.15, 0.2) is 42.7 Å². The third-order valence-corrected chi connectivity index (χ3v) is 4.69. The molecule has 1 saturated heterocycles. The molecule has 8 heteroatoms. The third kappa shape index (κ3) is 3.85. The van der Waals surface area contributed by atoms with E-state index in [1.165, 1.54) is 23.8 Å². The molecule has 1 amide bonds. The third-order valence-electron chi connectivity index (χ3n) is 4.69. The Morgan fingerprint density at radius 2 is 1.89 bits per heavy atom. The van der Waals surface area contributed by atoms with Crippen molar-refractivity contribution in [2.45, 2.75) is 19.3 Å². The summed E-state index contributed by atoms with van der Waals surface area (Å²) in [5.41, 5.74) is 1.27. The van der Waals surface area contributed by atoms with Crippen LogP contribution in [0.5, 0.6) is 11.5 Å². The van der Waals surface area contributed by atoms with Gasteiger partial charge in [0.2, 0.25) is 0 Å². The number of hydrogen-bond donors (Lipinski definition) is 0. The van der Waals surface area contributed by atoms with E-state index in [0.29, 0.717) is 19.6 Å². The summed E-state index contributed by atoms with van der Waals surface area (Å²) in [6, 6.07) is 8.32. The fraction of sp³-hybridized carbons (Fsp3) is 0.368. The highest BCUT2D eigenvalue weighted by molar-refractivity contribution is 5.98. The van der Waals surface area contributed by atoms with Gasteiger partial charge in [0.05, 0.1) is 5.56 Å². The van der Waals surface area contributed by atoms with Gasteiger partial charge in [-0.2, -0.15) is 0 Å². The van der Waals surface area contributed by atoms with Crippen LogP contribution in [0, 0.1) is 0 Å². The molecule has 0 N–H and O–H groups in total. The number of fused-ring (bicyclic) bond motifs is 1. The lowest BCUT2D eigenvalue weighted by Crippen LogP contribution is -2.35. The number of halogens is 2. The maximum absolute atomic E-state index is 13.4. The second-order valence-electron chi connectivity index (χ2n) is 6.58. The summed E-state index contributed by atoms with van der Waals surface area (Å²) in [7, 11) is 0. The summed E-state index contributed by atoms with van der Waals surface area (Å²) in [5, 5.41) is 0. The van der Waals surface area contributed by atoms with Crippen molar-refractivity contribution in [1.29, 1.82) is 0 Å². The zero-order chi connectivity index (χ0) is 18.9. The van der Waals surface area contributed by atoms with Gasteiger partial charge in [0.25, 0.3) is 5.91 Å². The Morgan fingerprint density at radius 1 is 1.07 bits per heavy atom. The van der Waals surface area contributed by atoms with Crippen molar-refractivity contribution >= 4 is 5.91 Å². The number of alkyl halides is 2. The Bertz CT molecular complexity index is 832. The second kappa shape index (κ2) is 7.11. The topological polar surface area (TPSA) is 54.9 Å². The lowest BCUT2D eigenvalue weighted by molar-refractivity contribution is -0.286. The average molecular weight is 375 g/mol. The summed E-state index contributed by atoms with van der Waals surface area (Å²) in [6.45, 7) is 3.43. The largest absolute Gasteiger partial charge is 0.586 e. The molecule has 1 aromatic heterocycles. The molecule has 0 spiro atoms. The SMILES string of the molecule is O=C(c1cccc2c1OC(F)(F)O2)N1CCCN(Cc2ccncc2)CC1. The van der Waals surface area contributed by atoms with Gasteiger partial charge in [-0.3, -0.25) is 14.7 Å². The highest BCUT2D eigenvalue weighted by atomic mass is 19.3. The lowest BCUT2D eigenvalue weighted by atomic mass is 10.1. The molecule has 3 heterocycles. The predicted octanol–water partition coefficient (Wildman–Crippen LogP) is 2.75. The van der Waals surface area contributed by atoms with Gasteiger partial charge in [0.1, 0.15) is 0 Å². The fourth-order valence-corrected chi connectivity index (χ4v) is 3.39. The van der Waals surface area contributed by atoms with Gasteiger partial charge in [-0.05, 0) is 36.2 Å². The molecule has 1 fully saturated rings. The molecule has 0 radical (unpaired) electrons. The van der Waals surface area contributed by atoms with Crippen molar-refractivity contribution in [3.63, 3.8) is 0 Å². The molecule has 1 aromatic carbocycles. The van der Waals surface area contributed by atoms with E-state index in [9.17, 15) is 13.6 Å². The van der Waals surface area contributed by atoms with Gasteiger partial charge < -0.3 is 14.4 Å². The molecule has 2 aliphatic heterocycles. The van der Waals surface area contributed by atoms with E-state index < -0.39 is 6.29 Å². The second-order valence-corrected chi connectivity index (χ2v) is 6.58. The van der Waals surface area contributed by atoms with Crippen LogP contribution in [0.3, 0.4) is 0 Å². The van der Waals surface area contributed by atoms with Crippen molar-refractivity contribution in [3.05, 3.63) is 53.9 Å². The number of rotatable bonds is 3. The molecule has 0 atom stereocenters. The molecular formula is C19H19F2N3O3. The van der Waals surface area contributed by atoms with Crippen LogP contribution in [0.1, 0.15) is 22.3 Å². The normalized spacial score (nSPS) is 19.0. The van der Waals surface area contributed by atoms with Crippen molar-refractivity contribution in [2.75, 3.05) is 26.2 Å². The number of carbonyl (C=O) groups is 1. The molecular weight excluding hydrogens is 356 g/mol. The molecule has 6 nitrogen and oxygen atoms in total. The average Bonchev–Trinajstić information content (AvgIpc) is 2.81. The van der Waals surface area contributed by atoms with Gasteiger partial charge in [-0.15, -0.1) is 8.78 Å². The van der Waals surface area contributed by atoms with Crippen molar-refractivity contribution < 1.29 is 23.0 Å². The summed E-state index contributed by atoms with van der Waals surface area (Å²) in [5.74, 6) is -0.621. The number of para-hydroxylation sites is 1. The van der Waals surface area contributed by atoms with Gasteiger partial charge in [-0.25, -0.2) is 0 Å². The number of nitrogens with zero attached hydrogens (tertiary/aromatic N) is 3. The number of hydrogen-bond acceptors (Lipinski definition) is 5. The fourth-order valence-electron chi connectivity index (χ4n) is 3.39. The van der Waals surface area contributed by atoms with Crippen LogP contribution in [0.25, 0.3) is 0 Å². The summed E-state index contributed by atoms with van der Waals surface area (Å²) >= 11 is 0. The van der Waals surface area contributed by atoms with E-state index in [2.05, 4.69) is 19.4 Å². The standard InChI is InChI=1S/C19H19F2N3O3/c20-19(21)26-16-4-1-3-15(17(16)27-19)18(25)24-10-2-9-23(11-12-24)13-14-5-7-22-8-6-14/h1,3-8H,2,9-13H2. The maximum Gasteiger partial charge on any atom is 0.586 e. The first-order valence-corrected chi connectivity index (χ1v) is 8.81. The van der Waals surface area contributed by atoms with E-state index in [-0.39, 0.29) is 23.0 Å². The molecule has 142 valence electrons. The zero-order valence-electron chi connectivity index (χ0n) is 14.6. The number of aromatic nitrogens is 1. The van der Waals surface area contributed by atoms with E-state index in [1.807, 2.05) is 12.1 Å². The minimum atomic E-state index is -3.74. The van der Waals surface area contributed by atoms with Crippen molar-refractivity contribution in [3.8, 4) is 11.5 Å².